The number of nitrogens with two attached hydrogens (primary N) is 2. The van der Waals surface area contributed by atoms with Crippen LogP contribution in [0.5, 0.6) is 0 Å². The molecule has 0 radical (unpaired) electrons. The van der Waals surface area contributed by atoms with E-state index in [-0.39, 0.29) is 28.5 Å². The fraction of sp³-hybridized carbons (Fsp3) is 0.240. The fourth-order valence-electron chi connectivity index (χ4n) is 3.11. The molecule has 0 aliphatic heterocycles. The molecule has 13 nitrogen and oxygen atoms in total. The van der Waals surface area contributed by atoms with Crippen LogP contribution in [-0.4, -0.2) is 79.6 Å². The summed E-state index contributed by atoms with van der Waals surface area (Å²) in [5, 5.41) is 26.8. The molecule has 1 atom stereocenters. The molecule has 0 saturated heterocycles. The molecular formula is C25H21F9N6O7. The molecule has 0 aliphatic rings. The Morgan fingerprint density at radius 2 is 1.34 bits per heavy atom. The number of primary amides is 1. The van der Waals surface area contributed by atoms with Gasteiger partial charge in [-0.05, 0) is 30.7 Å². The van der Waals surface area contributed by atoms with E-state index >= 15 is 0 Å². The van der Waals surface area contributed by atoms with Crippen molar-refractivity contribution in [2.24, 2.45) is 5.73 Å². The van der Waals surface area contributed by atoms with Crippen LogP contribution in [-0.2, 0) is 20.0 Å². The fourth-order valence-corrected chi connectivity index (χ4v) is 3.11. The third kappa shape index (κ3) is 9.97. The number of hydrogen-bond donors (Lipinski definition) is 6. The molecule has 0 saturated carbocycles. The highest BCUT2D eigenvalue weighted by atomic mass is 19.4. The van der Waals surface area contributed by atoms with Crippen molar-refractivity contribution < 1.29 is 74.0 Å². The van der Waals surface area contributed by atoms with Gasteiger partial charge in [-0.2, -0.15) is 39.5 Å². The van der Waals surface area contributed by atoms with Crippen molar-refractivity contribution in [3.05, 3.63) is 59.5 Å². The zero-order chi connectivity index (χ0) is 36.7. The first-order valence-electron chi connectivity index (χ1n) is 11.9. The summed E-state index contributed by atoms with van der Waals surface area (Å²) in [6, 6.07) is 6.22. The molecule has 22 heteroatoms. The summed E-state index contributed by atoms with van der Waals surface area (Å²) in [5.41, 5.74) is 7.69. The first-order valence-corrected chi connectivity index (χ1v) is 11.9. The highest BCUT2D eigenvalue weighted by molar-refractivity contribution is 5.92. The number of pyridine rings is 1. The Morgan fingerprint density at radius 1 is 0.830 bits per heavy atom. The van der Waals surface area contributed by atoms with Crippen molar-refractivity contribution in [3.63, 3.8) is 0 Å². The first kappa shape index (κ1) is 39.5. The SMILES string of the molecule is CNC(=O)c1ccc(-c2nc(-c3cc(C(O)(C(N)=O)C(F)(F)F)ccc3C)cnc2N)cn1.O=C(O)C(F)(F)F.O=C(O)C(F)(F)F. The second-order valence-electron chi connectivity index (χ2n) is 8.71. The van der Waals surface area contributed by atoms with Crippen molar-refractivity contribution in [3.8, 4) is 22.5 Å². The molecule has 0 bridgehead atoms. The van der Waals surface area contributed by atoms with Gasteiger partial charge in [-0.25, -0.2) is 19.6 Å². The van der Waals surface area contributed by atoms with E-state index in [1.54, 1.807) is 13.0 Å². The molecule has 0 fully saturated rings. The number of carboxylic acid groups (broad SMARTS) is 2. The number of amides is 2. The molecule has 3 rings (SSSR count). The predicted molar refractivity (Wildman–Crippen MR) is 140 cm³/mol. The van der Waals surface area contributed by atoms with E-state index in [1.165, 1.54) is 31.6 Å². The van der Waals surface area contributed by atoms with Gasteiger partial charge in [-0.15, -0.1) is 0 Å². The van der Waals surface area contributed by atoms with Crippen LogP contribution >= 0.6 is 0 Å². The van der Waals surface area contributed by atoms with Gasteiger partial charge in [0.2, 0.25) is 0 Å². The normalized spacial score (nSPS) is 12.7. The molecular weight excluding hydrogens is 667 g/mol. The summed E-state index contributed by atoms with van der Waals surface area (Å²) in [6.45, 7) is 1.60. The Kier molecular flexibility index (Phi) is 12.4. The van der Waals surface area contributed by atoms with E-state index in [9.17, 15) is 54.2 Å². The smallest absolute Gasteiger partial charge is 0.475 e. The molecule has 47 heavy (non-hydrogen) atoms. The van der Waals surface area contributed by atoms with Crippen molar-refractivity contribution >= 4 is 29.6 Å². The predicted octanol–water partition coefficient (Wildman–Crippen LogP) is 2.96. The summed E-state index contributed by atoms with van der Waals surface area (Å²) in [7, 11) is 1.46. The highest BCUT2D eigenvalue weighted by Crippen LogP contribution is 2.40. The van der Waals surface area contributed by atoms with Gasteiger partial charge in [0.05, 0.1) is 11.9 Å². The van der Waals surface area contributed by atoms with Crippen LogP contribution in [0.1, 0.15) is 21.6 Å². The lowest BCUT2D eigenvalue weighted by molar-refractivity contribution is -0.255. The standard InChI is InChI=1S/C21H19F3N6O3.2C2HF3O2/c1-10-3-5-12(20(33,19(26)32)21(22,23)24)7-13(10)15-9-29-17(25)16(30-15)11-4-6-14(28-8-11)18(31)27-2;2*3-2(4,5)1(6)7/h3-9,33H,1-2H3,(H2,25,29)(H2,26,32)(H,27,31);2*(H,6,7). The third-order valence-corrected chi connectivity index (χ3v) is 5.48. The molecule has 2 heterocycles. The number of nitrogens with zero attached hydrogens (tertiary/aromatic N) is 3. The van der Waals surface area contributed by atoms with E-state index in [0.717, 1.165) is 12.1 Å². The number of aliphatic carboxylic acids is 2. The Balaban J connectivity index is 0.000000658. The monoisotopic (exact) mass is 688 g/mol. The van der Waals surface area contributed by atoms with Crippen LogP contribution in [0.2, 0.25) is 0 Å². The minimum Gasteiger partial charge on any atom is -0.475 e. The van der Waals surface area contributed by atoms with Gasteiger partial charge in [0.15, 0.2) is 0 Å². The third-order valence-electron chi connectivity index (χ3n) is 5.48. The number of aromatic nitrogens is 3. The van der Waals surface area contributed by atoms with Gasteiger partial charge < -0.3 is 32.1 Å². The minimum absolute atomic E-state index is 0.0194. The van der Waals surface area contributed by atoms with Crippen LogP contribution in [0.3, 0.4) is 0 Å². The largest absolute Gasteiger partial charge is 0.490 e. The number of carboxylic acids is 2. The summed E-state index contributed by atoms with van der Waals surface area (Å²) in [6.07, 6.45) is -12.9. The van der Waals surface area contributed by atoms with Gasteiger partial charge in [0.25, 0.3) is 17.4 Å². The van der Waals surface area contributed by atoms with E-state index in [1.807, 2.05) is 0 Å². The number of carbonyl (C=O) groups excluding carboxylic acids is 2. The lowest BCUT2D eigenvalue weighted by Gasteiger charge is -2.28. The van der Waals surface area contributed by atoms with Crippen LogP contribution in [0.15, 0.2) is 42.7 Å². The number of aryl methyl sites for hydroxylation is 1. The van der Waals surface area contributed by atoms with Gasteiger partial charge in [-0.1, -0.05) is 12.1 Å². The lowest BCUT2D eigenvalue weighted by Crippen LogP contribution is -2.52. The highest BCUT2D eigenvalue weighted by Gasteiger charge is 2.60. The van der Waals surface area contributed by atoms with Crippen LogP contribution in [0.25, 0.3) is 22.5 Å². The Bertz CT molecular complexity index is 1610. The van der Waals surface area contributed by atoms with E-state index in [4.69, 9.17) is 31.3 Å². The van der Waals surface area contributed by atoms with Crippen LogP contribution < -0.4 is 16.8 Å². The number of alkyl halides is 9. The zero-order valence-corrected chi connectivity index (χ0v) is 23.4. The summed E-state index contributed by atoms with van der Waals surface area (Å²) >= 11 is 0. The van der Waals surface area contributed by atoms with Crippen molar-refractivity contribution in [1.82, 2.24) is 20.3 Å². The Morgan fingerprint density at radius 3 is 1.72 bits per heavy atom. The van der Waals surface area contributed by atoms with Crippen LogP contribution in [0, 0.1) is 6.92 Å². The topological polar surface area (TPSA) is 232 Å². The number of benzene rings is 1. The summed E-state index contributed by atoms with van der Waals surface area (Å²) in [5.74, 6) is -7.85. The van der Waals surface area contributed by atoms with Gasteiger partial charge in [-0.3, -0.25) is 14.6 Å². The number of anilines is 1. The molecule has 2 aromatic heterocycles. The Hall–Kier alpha value is -5.54. The van der Waals surface area contributed by atoms with E-state index in [0.29, 0.717) is 11.1 Å². The van der Waals surface area contributed by atoms with Crippen molar-refractivity contribution in [1.29, 1.82) is 0 Å². The molecule has 1 aromatic carbocycles. The molecule has 3 aromatic rings. The summed E-state index contributed by atoms with van der Waals surface area (Å²) < 4.78 is 104. The molecule has 0 spiro atoms. The minimum atomic E-state index is -5.35. The number of halogens is 9. The van der Waals surface area contributed by atoms with Gasteiger partial charge >= 0.3 is 30.5 Å². The zero-order valence-electron chi connectivity index (χ0n) is 23.4. The maximum Gasteiger partial charge on any atom is 0.490 e. The molecule has 8 N–H and O–H groups in total. The number of rotatable bonds is 5. The van der Waals surface area contributed by atoms with Gasteiger partial charge in [0, 0.05) is 29.9 Å². The number of nitrogen functional groups attached to an aromatic ring is 1. The van der Waals surface area contributed by atoms with E-state index < -0.39 is 53.4 Å². The van der Waals surface area contributed by atoms with Crippen molar-refractivity contribution in [2.45, 2.75) is 31.1 Å². The van der Waals surface area contributed by atoms with Gasteiger partial charge in [0.1, 0.15) is 17.2 Å². The molecule has 1 unspecified atom stereocenters. The maximum atomic E-state index is 13.5. The second-order valence-corrected chi connectivity index (χ2v) is 8.71. The number of hydrogen-bond acceptors (Lipinski definition) is 9. The first-order chi connectivity index (χ1) is 21.3. The molecule has 0 aliphatic carbocycles. The van der Waals surface area contributed by atoms with E-state index in [2.05, 4.69) is 20.3 Å². The van der Waals surface area contributed by atoms with Crippen LogP contribution in [0.4, 0.5) is 45.3 Å². The summed E-state index contributed by atoms with van der Waals surface area (Å²) in [4.78, 5) is 53.5. The number of aliphatic hydroxyl groups is 1. The Labute approximate surface area is 256 Å². The average molecular weight is 688 g/mol. The molecule has 256 valence electrons. The average Bonchev–Trinajstić information content (AvgIpc) is 2.96. The quantitative estimate of drug-likeness (QED) is 0.213. The maximum absolute atomic E-state index is 13.5. The van der Waals surface area contributed by atoms with Crippen molar-refractivity contribution in [2.75, 3.05) is 12.8 Å². The molecule has 2 amide bonds. The lowest BCUT2D eigenvalue weighted by atomic mass is 9.89. The number of nitrogens with one attached hydrogen (secondary N) is 1. The number of carbonyl (C=O) groups is 4. The second kappa shape index (κ2) is 14.7.